The van der Waals surface area contributed by atoms with E-state index in [0.717, 1.165) is 32.1 Å². The van der Waals surface area contributed by atoms with Gasteiger partial charge in [0.15, 0.2) is 0 Å². The van der Waals surface area contributed by atoms with Crippen LogP contribution in [0.4, 0.5) is 17.6 Å². The monoisotopic (exact) mass is 504 g/mol. The molecule has 0 bridgehead atoms. The second-order valence-electron chi connectivity index (χ2n) is 10.9. The molecule has 3 aliphatic carbocycles. The second-order valence-corrected chi connectivity index (χ2v) is 10.9. The fourth-order valence-electron chi connectivity index (χ4n) is 6.43. The first-order valence-electron chi connectivity index (χ1n) is 13.0. The second kappa shape index (κ2) is 9.38. The lowest BCUT2D eigenvalue weighted by atomic mass is 9.67. The van der Waals surface area contributed by atoms with Gasteiger partial charge in [0, 0.05) is 5.56 Å². The number of carboxylic acids is 1. The number of rotatable bonds is 6. The summed E-state index contributed by atoms with van der Waals surface area (Å²) in [6.07, 6.45) is 3.11. The Hall–Kier alpha value is -2.57. The van der Waals surface area contributed by atoms with Gasteiger partial charge in [0.2, 0.25) is 0 Å². The van der Waals surface area contributed by atoms with Crippen molar-refractivity contribution in [2.24, 2.45) is 11.8 Å². The fourth-order valence-corrected chi connectivity index (χ4v) is 6.43. The zero-order valence-electron chi connectivity index (χ0n) is 20.2. The van der Waals surface area contributed by atoms with Gasteiger partial charge in [0.1, 0.15) is 17.2 Å². The van der Waals surface area contributed by atoms with Gasteiger partial charge in [0.05, 0.1) is 11.3 Å². The fraction of sp³-hybridized carbons (Fsp3) is 0.552. The highest BCUT2D eigenvalue weighted by atomic mass is 19.4. The molecule has 0 radical (unpaired) electrons. The van der Waals surface area contributed by atoms with Crippen molar-refractivity contribution in [2.75, 3.05) is 0 Å². The summed E-state index contributed by atoms with van der Waals surface area (Å²) < 4.78 is 61.1. The number of alkyl halides is 3. The van der Waals surface area contributed by atoms with Crippen molar-refractivity contribution in [3.63, 3.8) is 0 Å². The van der Waals surface area contributed by atoms with E-state index in [4.69, 9.17) is 4.74 Å². The molecule has 0 heterocycles. The lowest BCUT2D eigenvalue weighted by Crippen LogP contribution is -2.47. The van der Waals surface area contributed by atoms with Crippen molar-refractivity contribution in [1.29, 1.82) is 0 Å². The van der Waals surface area contributed by atoms with Gasteiger partial charge in [-0.05, 0) is 99.5 Å². The third-order valence-electron chi connectivity index (χ3n) is 8.80. The predicted molar refractivity (Wildman–Crippen MR) is 128 cm³/mol. The number of benzene rings is 2. The van der Waals surface area contributed by atoms with Gasteiger partial charge in [-0.1, -0.05) is 30.7 Å². The number of carbonyl (C=O) groups is 1. The minimum absolute atomic E-state index is 0.102. The van der Waals surface area contributed by atoms with E-state index in [1.165, 1.54) is 6.07 Å². The molecule has 0 amide bonds. The molecule has 0 unspecified atom stereocenters. The van der Waals surface area contributed by atoms with Crippen LogP contribution in [0.3, 0.4) is 0 Å². The van der Waals surface area contributed by atoms with Gasteiger partial charge >= 0.3 is 12.1 Å². The summed E-state index contributed by atoms with van der Waals surface area (Å²) in [5, 5.41) is 9.48. The normalized spacial score (nSPS) is 25.2. The molecular weight excluding hydrogens is 472 g/mol. The Morgan fingerprint density at radius 3 is 2.06 bits per heavy atom. The van der Waals surface area contributed by atoms with E-state index in [-0.39, 0.29) is 18.8 Å². The van der Waals surface area contributed by atoms with Crippen molar-refractivity contribution in [2.45, 2.75) is 87.8 Å². The van der Waals surface area contributed by atoms with Crippen LogP contribution >= 0.6 is 0 Å². The SMILES string of the molecule is O=C(O)C1(c2ccc(-c3ccc(OC4(C5CCC(C(F)(F)F)CC5)CCCCC4)cc3)c(F)c2)CC1. The summed E-state index contributed by atoms with van der Waals surface area (Å²) in [7, 11) is 0. The van der Waals surface area contributed by atoms with Crippen molar-refractivity contribution in [3.05, 3.63) is 53.8 Å². The van der Waals surface area contributed by atoms with Gasteiger partial charge < -0.3 is 9.84 Å². The summed E-state index contributed by atoms with van der Waals surface area (Å²) >= 11 is 0. The molecule has 3 nitrogen and oxygen atoms in total. The van der Waals surface area contributed by atoms with Crippen molar-refractivity contribution >= 4 is 5.97 Å². The number of aliphatic carboxylic acids is 1. The first-order chi connectivity index (χ1) is 17.1. The Kier molecular flexibility index (Phi) is 6.54. The van der Waals surface area contributed by atoms with E-state index in [1.807, 2.05) is 0 Å². The third-order valence-corrected chi connectivity index (χ3v) is 8.80. The zero-order chi connectivity index (χ0) is 25.6. The summed E-state index contributed by atoms with van der Waals surface area (Å²) in [4.78, 5) is 11.6. The number of carboxylic acid groups (broad SMARTS) is 1. The van der Waals surface area contributed by atoms with E-state index < -0.39 is 34.9 Å². The molecule has 1 N–H and O–H groups in total. The van der Waals surface area contributed by atoms with Gasteiger partial charge in [-0.3, -0.25) is 4.79 Å². The van der Waals surface area contributed by atoms with Crippen LogP contribution in [0.15, 0.2) is 42.5 Å². The Labute approximate surface area is 208 Å². The number of hydrogen-bond acceptors (Lipinski definition) is 2. The molecular formula is C29H32F4O3. The van der Waals surface area contributed by atoms with E-state index in [1.54, 1.807) is 36.4 Å². The predicted octanol–water partition coefficient (Wildman–Crippen LogP) is 8.06. The van der Waals surface area contributed by atoms with Crippen LogP contribution < -0.4 is 4.74 Å². The summed E-state index contributed by atoms with van der Waals surface area (Å²) in [6, 6.07) is 11.8. The first-order valence-corrected chi connectivity index (χ1v) is 13.0. The summed E-state index contributed by atoms with van der Waals surface area (Å²) in [5.41, 5.74) is 0.151. The van der Waals surface area contributed by atoms with Crippen LogP contribution in [0.5, 0.6) is 5.75 Å². The molecule has 3 fully saturated rings. The molecule has 5 rings (SSSR count). The van der Waals surface area contributed by atoms with Crippen LogP contribution in [0.2, 0.25) is 0 Å². The molecule has 7 heteroatoms. The average Bonchev–Trinajstić information content (AvgIpc) is 3.67. The maximum absolute atomic E-state index is 14.9. The lowest BCUT2D eigenvalue weighted by molar-refractivity contribution is -0.188. The largest absolute Gasteiger partial charge is 0.487 e. The number of hydrogen-bond donors (Lipinski definition) is 1. The highest BCUT2D eigenvalue weighted by molar-refractivity contribution is 5.85. The van der Waals surface area contributed by atoms with E-state index in [0.29, 0.717) is 48.1 Å². The summed E-state index contributed by atoms with van der Waals surface area (Å²) in [6.45, 7) is 0. The highest BCUT2D eigenvalue weighted by Gasteiger charge is 2.52. The molecule has 2 aromatic rings. The molecule has 0 saturated heterocycles. The first kappa shape index (κ1) is 25.1. The zero-order valence-corrected chi connectivity index (χ0v) is 20.2. The Bertz CT molecular complexity index is 1090. The minimum Gasteiger partial charge on any atom is -0.487 e. The van der Waals surface area contributed by atoms with E-state index in [9.17, 15) is 27.5 Å². The van der Waals surface area contributed by atoms with Gasteiger partial charge in [-0.2, -0.15) is 13.2 Å². The lowest BCUT2D eigenvalue weighted by Gasteiger charge is -2.46. The van der Waals surface area contributed by atoms with Crippen molar-refractivity contribution in [1.82, 2.24) is 0 Å². The Morgan fingerprint density at radius 1 is 0.889 bits per heavy atom. The molecule has 0 atom stereocenters. The average molecular weight is 505 g/mol. The Morgan fingerprint density at radius 2 is 1.53 bits per heavy atom. The van der Waals surface area contributed by atoms with Crippen molar-refractivity contribution < 1.29 is 32.2 Å². The molecule has 2 aromatic carbocycles. The molecule has 0 aliphatic heterocycles. The Balaban J connectivity index is 1.32. The molecule has 3 saturated carbocycles. The van der Waals surface area contributed by atoms with Crippen LogP contribution in [-0.2, 0) is 10.2 Å². The number of halogens is 4. The van der Waals surface area contributed by atoms with Gasteiger partial charge in [0.25, 0.3) is 0 Å². The topological polar surface area (TPSA) is 46.5 Å². The van der Waals surface area contributed by atoms with Crippen LogP contribution in [0.25, 0.3) is 11.1 Å². The smallest absolute Gasteiger partial charge is 0.391 e. The molecule has 194 valence electrons. The summed E-state index contributed by atoms with van der Waals surface area (Å²) in [5.74, 6) is -1.83. The molecule has 0 spiro atoms. The van der Waals surface area contributed by atoms with Crippen molar-refractivity contribution in [3.8, 4) is 16.9 Å². The maximum atomic E-state index is 14.9. The minimum atomic E-state index is -4.12. The quantitative estimate of drug-likeness (QED) is 0.405. The molecule has 36 heavy (non-hydrogen) atoms. The standard InChI is InChI=1S/C29H32F4O3/c30-25-18-22(27(16-17-27)26(34)35)10-13-24(25)19-4-11-23(12-5-19)36-28(14-2-1-3-15-28)20-6-8-21(9-7-20)29(31,32)33/h4-5,10-13,18,20-21H,1-3,6-9,14-17H2,(H,34,35). The number of ether oxygens (including phenoxy) is 1. The van der Waals surface area contributed by atoms with Crippen LogP contribution in [-0.4, -0.2) is 22.9 Å². The van der Waals surface area contributed by atoms with Gasteiger partial charge in [-0.15, -0.1) is 0 Å². The maximum Gasteiger partial charge on any atom is 0.391 e. The van der Waals surface area contributed by atoms with Crippen LogP contribution in [0, 0.1) is 17.7 Å². The highest BCUT2D eigenvalue weighted by Crippen LogP contribution is 2.50. The third kappa shape index (κ3) is 4.73. The van der Waals surface area contributed by atoms with Gasteiger partial charge in [-0.25, -0.2) is 4.39 Å². The molecule has 3 aliphatic rings. The van der Waals surface area contributed by atoms with E-state index >= 15 is 0 Å². The van der Waals surface area contributed by atoms with E-state index in [2.05, 4.69) is 0 Å². The molecule has 0 aromatic heterocycles. The van der Waals surface area contributed by atoms with Crippen LogP contribution in [0.1, 0.15) is 76.2 Å².